The highest BCUT2D eigenvalue weighted by molar-refractivity contribution is 6.30. The Morgan fingerprint density at radius 3 is 2.35 bits per heavy atom. The van der Waals surface area contributed by atoms with Gasteiger partial charge in [0.15, 0.2) is 6.04 Å². The van der Waals surface area contributed by atoms with E-state index in [-0.39, 0.29) is 12.0 Å². The number of carbonyl (C=O) groups is 2. The van der Waals surface area contributed by atoms with Gasteiger partial charge in [0.1, 0.15) is 11.2 Å². The smallest absolute Gasteiger partial charge is 0.340 e. The SMILES string of the molecule is Cc1c(CC(=O)N[C@H](C(=O)O)c2ccccc2)c(=O)oc2c(C)c3occ(-c4ccc(Cl)cc4)c3cc12. The molecule has 1 amide bonds. The van der Waals surface area contributed by atoms with Gasteiger partial charge in [-0.1, -0.05) is 54.1 Å². The number of carboxylic acid groups (broad SMARTS) is 1. The molecule has 2 N–H and O–H groups in total. The molecule has 8 heteroatoms. The van der Waals surface area contributed by atoms with Crippen LogP contribution in [0.25, 0.3) is 33.1 Å². The molecule has 37 heavy (non-hydrogen) atoms. The first kappa shape index (κ1) is 24.3. The third-order valence-corrected chi connectivity index (χ3v) is 6.77. The first-order chi connectivity index (χ1) is 17.7. The molecule has 7 nitrogen and oxygen atoms in total. The molecule has 0 unspecified atom stereocenters. The average molecular weight is 516 g/mol. The van der Waals surface area contributed by atoms with Crippen LogP contribution in [0.15, 0.2) is 80.6 Å². The summed E-state index contributed by atoms with van der Waals surface area (Å²) in [6.45, 7) is 3.56. The van der Waals surface area contributed by atoms with Crippen molar-refractivity contribution in [2.75, 3.05) is 0 Å². The van der Waals surface area contributed by atoms with E-state index >= 15 is 0 Å². The van der Waals surface area contributed by atoms with Crippen LogP contribution in [-0.2, 0) is 16.0 Å². The Morgan fingerprint density at radius 2 is 1.68 bits per heavy atom. The van der Waals surface area contributed by atoms with E-state index in [0.717, 1.165) is 16.5 Å². The minimum Gasteiger partial charge on any atom is -0.479 e. The summed E-state index contributed by atoms with van der Waals surface area (Å²) in [6.07, 6.45) is 1.32. The number of amides is 1. The summed E-state index contributed by atoms with van der Waals surface area (Å²) in [7, 11) is 0. The lowest BCUT2D eigenvalue weighted by Gasteiger charge is -2.15. The Bertz CT molecular complexity index is 1720. The molecule has 186 valence electrons. The predicted molar refractivity (Wildman–Crippen MR) is 141 cm³/mol. The minimum absolute atomic E-state index is 0.164. The normalized spacial score (nSPS) is 12.1. The predicted octanol–water partition coefficient (Wildman–Crippen LogP) is 5.96. The van der Waals surface area contributed by atoms with E-state index in [2.05, 4.69) is 5.32 Å². The number of nitrogens with one attached hydrogen (secondary N) is 1. The Hall–Kier alpha value is -4.36. The largest absolute Gasteiger partial charge is 0.479 e. The summed E-state index contributed by atoms with van der Waals surface area (Å²) in [6, 6.07) is 16.4. The number of aryl methyl sites for hydroxylation is 2. The van der Waals surface area contributed by atoms with Crippen molar-refractivity contribution >= 4 is 45.4 Å². The lowest BCUT2D eigenvalue weighted by molar-refractivity contribution is -0.142. The van der Waals surface area contributed by atoms with Gasteiger partial charge in [0.2, 0.25) is 5.91 Å². The number of benzene rings is 3. The van der Waals surface area contributed by atoms with E-state index in [4.69, 9.17) is 20.4 Å². The number of hydrogen-bond donors (Lipinski definition) is 2. The van der Waals surface area contributed by atoms with Gasteiger partial charge in [-0.2, -0.15) is 0 Å². The van der Waals surface area contributed by atoms with Crippen LogP contribution in [-0.4, -0.2) is 17.0 Å². The highest BCUT2D eigenvalue weighted by Gasteiger charge is 2.24. The van der Waals surface area contributed by atoms with Crippen molar-refractivity contribution < 1.29 is 23.5 Å². The molecule has 0 aliphatic rings. The van der Waals surface area contributed by atoms with Gasteiger partial charge in [-0.15, -0.1) is 0 Å². The molecule has 5 aromatic rings. The monoisotopic (exact) mass is 515 g/mol. The highest BCUT2D eigenvalue weighted by atomic mass is 35.5. The molecule has 0 bridgehead atoms. The number of furan rings is 1. The molecule has 5 rings (SSSR count). The molecule has 0 radical (unpaired) electrons. The number of hydrogen-bond acceptors (Lipinski definition) is 5. The van der Waals surface area contributed by atoms with Crippen molar-refractivity contribution in [3.63, 3.8) is 0 Å². The molecule has 3 aromatic carbocycles. The van der Waals surface area contributed by atoms with Crippen molar-refractivity contribution in [2.24, 2.45) is 0 Å². The topological polar surface area (TPSA) is 110 Å². The van der Waals surface area contributed by atoms with Crippen LogP contribution in [0.3, 0.4) is 0 Å². The maximum atomic E-state index is 12.9. The molecule has 2 heterocycles. The summed E-state index contributed by atoms with van der Waals surface area (Å²) in [4.78, 5) is 37.6. The van der Waals surface area contributed by atoms with Crippen LogP contribution >= 0.6 is 11.6 Å². The number of halogens is 1. The van der Waals surface area contributed by atoms with Crippen molar-refractivity contribution in [1.29, 1.82) is 0 Å². The molecule has 0 spiro atoms. The Kier molecular flexibility index (Phi) is 6.31. The van der Waals surface area contributed by atoms with Crippen LogP contribution in [0, 0.1) is 13.8 Å². The van der Waals surface area contributed by atoms with E-state index < -0.39 is 23.5 Å². The minimum atomic E-state index is -1.24. The van der Waals surface area contributed by atoms with Crippen LogP contribution in [0.2, 0.25) is 5.02 Å². The van der Waals surface area contributed by atoms with Gasteiger partial charge >= 0.3 is 11.6 Å². The van der Waals surface area contributed by atoms with Crippen molar-refractivity contribution in [3.05, 3.63) is 105 Å². The maximum absolute atomic E-state index is 12.9. The van der Waals surface area contributed by atoms with Gasteiger partial charge in [-0.05, 0) is 48.7 Å². The number of aliphatic carboxylic acids is 1. The quantitative estimate of drug-likeness (QED) is 0.270. The van der Waals surface area contributed by atoms with Crippen molar-refractivity contribution in [3.8, 4) is 11.1 Å². The third-order valence-electron chi connectivity index (χ3n) is 6.52. The van der Waals surface area contributed by atoms with Crippen molar-refractivity contribution in [1.82, 2.24) is 5.32 Å². The standard InChI is InChI=1S/C29H22ClNO6/c1-15-20-12-22-23(17-8-10-19(30)11-9-17)14-36-26(22)16(2)27(20)37-29(35)21(15)13-24(32)31-25(28(33)34)18-6-4-3-5-7-18/h3-12,14,25H,13H2,1-2H3,(H,31,32)(H,33,34)/t25-/m0/s1. The third kappa shape index (κ3) is 4.49. The summed E-state index contributed by atoms with van der Waals surface area (Å²) in [5.41, 5.74) is 3.93. The van der Waals surface area contributed by atoms with Gasteiger partial charge < -0.3 is 19.3 Å². The lowest BCUT2D eigenvalue weighted by Crippen LogP contribution is -2.35. The van der Waals surface area contributed by atoms with Crippen LogP contribution in [0.5, 0.6) is 0 Å². The van der Waals surface area contributed by atoms with Gasteiger partial charge in [0, 0.05) is 26.9 Å². The first-order valence-electron chi connectivity index (χ1n) is 11.5. The molecule has 0 saturated heterocycles. The summed E-state index contributed by atoms with van der Waals surface area (Å²) >= 11 is 6.04. The highest BCUT2D eigenvalue weighted by Crippen LogP contribution is 2.37. The molecule has 1 atom stereocenters. The second kappa shape index (κ2) is 9.59. The van der Waals surface area contributed by atoms with Gasteiger partial charge in [0.05, 0.1) is 18.2 Å². The summed E-state index contributed by atoms with van der Waals surface area (Å²) in [5.74, 6) is -1.80. The zero-order valence-electron chi connectivity index (χ0n) is 20.0. The molecule has 0 aliphatic heterocycles. The van der Waals surface area contributed by atoms with Crippen molar-refractivity contribution in [2.45, 2.75) is 26.3 Å². The fourth-order valence-electron chi connectivity index (χ4n) is 4.56. The molecular formula is C29H22ClNO6. The van der Waals surface area contributed by atoms with E-state index in [1.165, 1.54) is 0 Å². The number of fused-ring (bicyclic) bond motifs is 2. The Labute approximate surface area is 216 Å². The van der Waals surface area contributed by atoms with Crippen LogP contribution in [0.4, 0.5) is 0 Å². The molecular weight excluding hydrogens is 494 g/mol. The molecule has 0 aliphatic carbocycles. The van der Waals surface area contributed by atoms with Gasteiger partial charge in [0.25, 0.3) is 0 Å². The first-order valence-corrected chi connectivity index (χ1v) is 11.9. The Balaban J connectivity index is 1.55. The Morgan fingerprint density at radius 1 is 0.973 bits per heavy atom. The second-order valence-electron chi connectivity index (χ2n) is 8.83. The van der Waals surface area contributed by atoms with Crippen LogP contribution in [0.1, 0.15) is 28.3 Å². The fraction of sp³-hybridized carbons (Fsp3) is 0.138. The lowest BCUT2D eigenvalue weighted by atomic mass is 9.97. The number of carbonyl (C=O) groups excluding carboxylic acids is 1. The van der Waals surface area contributed by atoms with E-state index in [9.17, 15) is 19.5 Å². The average Bonchev–Trinajstić information content (AvgIpc) is 3.31. The zero-order chi connectivity index (χ0) is 26.3. The molecule has 0 fully saturated rings. The zero-order valence-corrected chi connectivity index (χ0v) is 20.8. The second-order valence-corrected chi connectivity index (χ2v) is 9.27. The number of carboxylic acids is 1. The van der Waals surface area contributed by atoms with E-state index in [0.29, 0.717) is 38.3 Å². The summed E-state index contributed by atoms with van der Waals surface area (Å²) in [5, 5.41) is 14.3. The van der Waals surface area contributed by atoms with E-state index in [1.807, 2.05) is 25.1 Å². The van der Waals surface area contributed by atoms with Crippen LogP contribution < -0.4 is 10.9 Å². The fourth-order valence-corrected chi connectivity index (χ4v) is 4.69. The molecule has 2 aromatic heterocycles. The maximum Gasteiger partial charge on any atom is 0.340 e. The summed E-state index contributed by atoms with van der Waals surface area (Å²) < 4.78 is 11.5. The van der Waals surface area contributed by atoms with Gasteiger partial charge in [-0.25, -0.2) is 9.59 Å². The van der Waals surface area contributed by atoms with E-state index in [1.54, 1.807) is 55.7 Å². The number of rotatable bonds is 6. The molecule has 0 saturated carbocycles. The van der Waals surface area contributed by atoms with Gasteiger partial charge in [-0.3, -0.25) is 4.79 Å².